The average molecular weight is 677 g/mol. The number of carbonyl (C=O) groups is 7. The number of imide groups is 1. The molecule has 2 atom stereocenters. The molecule has 0 saturated carbocycles. The number of esters is 1. The van der Waals surface area contributed by atoms with Crippen molar-refractivity contribution in [1.82, 2.24) is 20.9 Å². The van der Waals surface area contributed by atoms with Crippen molar-refractivity contribution >= 4 is 47.2 Å². The van der Waals surface area contributed by atoms with Crippen molar-refractivity contribution in [3.05, 3.63) is 77.9 Å². The molecule has 0 spiro atoms. The third kappa shape index (κ3) is 12.9. The summed E-state index contributed by atoms with van der Waals surface area (Å²) in [6, 6.07) is 12.7. The van der Waals surface area contributed by atoms with Gasteiger partial charge in [0.25, 0.3) is 11.8 Å². The van der Waals surface area contributed by atoms with Crippen molar-refractivity contribution in [3.8, 4) is 0 Å². The zero-order valence-corrected chi connectivity index (χ0v) is 27.7. The number of primary amides is 1. The first-order valence-electron chi connectivity index (χ1n) is 16.2. The summed E-state index contributed by atoms with van der Waals surface area (Å²) >= 11 is 0. The molecule has 1 heterocycles. The molecular weight excluding hydrogens is 632 g/mol. The van der Waals surface area contributed by atoms with Crippen molar-refractivity contribution in [3.63, 3.8) is 0 Å². The molecule has 49 heavy (non-hydrogen) atoms. The van der Waals surface area contributed by atoms with Crippen LogP contribution in [0.3, 0.4) is 0 Å². The van der Waals surface area contributed by atoms with Crippen LogP contribution in [0.4, 0.5) is 10.5 Å². The number of benzene rings is 2. The lowest BCUT2D eigenvalue weighted by molar-refractivity contribution is -0.137. The van der Waals surface area contributed by atoms with Gasteiger partial charge in [0.2, 0.25) is 17.7 Å². The van der Waals surface area contributed by atoms with E-state index in [0.29, 0.717) is 42.5 Å². The number of nitrogens with zero attached hydrogens (tertiary/aromatic N) is 1. The Labute approximate surface area is 285 Å². The maximum Gasteiger partial charge on any atom is 0.338 e. The van der Waals surface area contributed by atoms with E-state index in [-0.39, 0.29) is 56.2 Å². The van der Waals surface area contributed by atoms with Gasteiger partial charge in [-0.15, -0.1) is 0 Å². The Kier molecular flexibility index (Phi) is 15.0. The SMILES string of the molecule is CC(C)[C@H](NC(=O)CCCCCN1C(=O)C=CC1=O)C(=O)N[C@@H](CCCNC(N)=O)C(=O)Nc1ccc(COC(=O)c2ccccc2)cc1. The van der Waals surface area contributed by atoms with E-state index in [2.05, 4.69) is 21.3 Å². The lowest BCUT2D eigenvalue weighted by atomic mass is 10.0. The van der Waals surface area contributed by atoms with Crippen LogP contribution >= 0.6 is 0 Å². The van der Waals surface area contributed by atoms with Gasteiger partial charge < -0.3 is 31.7 Å². The Balaban J connectivity index is 1.53. The number of carbonyl (C=O) groups excluding carboxylic acids is 7. The molecule has 6 N–H and O–H groups in total. The highest BCUT2D eigenvalue weighted by molar-refractivity contribution is 6.12. The van der Waals surface area contributed by atoms with E-state index >= 15 is 0 Å². The number of amides is 7. The van der Waals surface area contributed by atoms with E-state index in [1.165, 1.54) is 12.2 Å². The Morgan fingerprint density at radius 3 is 2.12 bits per heavy atom. The molecule has 0 aliphatic carbocycles. The molecule has 14 heteroatoms. The number of rotatable bonds is 19. The maximum atomic E-state index is 13.4. The predicted molar refractivity (Wildman–Crippen MR) is 180 cm³/mol. The van der Waals surface area contributed by atoms with E-state index in [4.69, 9.17) is 10.5 Å². The molecule has 262 valence electrons. The van der Waals surface area contributed by atoms with Crippen molar-refractivity contribution in [2.45, 2.75) is 71.1 Å². The molecule has 0 bridgehead atoms. The fourth-order valence-corrected chi connectivity index (χ4v) is 4.93. The van der Waals surface area contributed by atoms with Gasteiger partial charge in [0.15, 0.2) is 0 Å². The third-order valence-electron chi connectivity index (χ3n) is 7.65. The number of ether oxygens (including phenoxy) is 1. The molecule has 0 unspecified atom stereocenters. The van der Waals surface area contributed by atoms with E-state index < -0.39 is 35.9 Å². The Morgan fingerprint density at radius 1 is 0.816 bits per heavy atom. The minimum Gasteiger partial charge on any atom is -0.457 e. The highest BCUT2D eigenvalue weighted by Gasteiger charge is 2.29. The second-order valence-corrected chi connectivity index (χ2v) is 11.9. The molecular formula is C35H44N6O8. The highest BCUT2D eigenvalue weighted by Crippen LogP contribution is 2.14. The van der Waals surface area contributed by atoms with Crippen LogP contribution in [0.5, 0.6) is 0 Å². The number of anilines is 1. The summed E-state index contributed by atoms with van der Waals surface area (Å²) in [6.07, 6.45) is 4.74. The van der Waals surface area contributed by atoms with Crippen LogP contribution in [-0.2, 0) is 35.3 Å². The Morgan fingerprint density at radius 2 is 1.49 bits per heavy atom. The molecule has 0 saturated heterocycles. The molecule has 0 radical (unpaired) electrons. The lowest BCUT2D eigenvalue weighted by Crippen LogP contribution is -2.54. The fourth-order valence-electron chi connectivity index (χ4n) is 4.93. The second kappa shape index (κ2) is 19.3. The summed E-state index contributed by atoms with van der Waals surface area (Å²) in [5, 5.41) is 10.7. The van der Waals surface area contributed by atoms with Gasteiger partial charge in [-0.3, -0.25) is 28.9 Å². The summed E-state index contributed by atoms with van der Waals surface area (Å²) in [6.45, 7) is 4.04. The Bertz CT molecular complexity index is 1490. The molecule has 14 nitrogen and oxygen atoms in total. The van der Waals surface area contributed by atoms with Crippen molar-refractivity contribution in [2.24, 2.45) is 11.7 Å². The first-order valence-corrected chi connectivity index (χ1v) is 16.2. The van der Waals surface area contributed by atoms with Gasteiger partial charge >= 0.3 is 12.0 Å². The minimum absolute atomic E-state index is 0.0359. The topological polar surface area (TPSA) is 206 Å². The van der Waals surface area contributed by atoms with Crippen LogP contribution in [0.2, 0.25) is 0 Å². The smallest absolute Gasteiger partial charge is 0.338 e. The number of hydrogen-bond donors (Lipinski definition) is 5. The van der Waals surface area contributed by atoms with Crippen LogP contribution in [0.1, 0.15) is 68.3 Å². The number of hydrogen-bond acceptors (Lipinski definition) is 8. The quantitative estimate of drug-likeness (QED) is 0.0847. The van der Waals surface area contributed by atoms with Crippen LogP contribution < -0.4 is 27.0 Å². The average Bonchev–Trinajstić information content (AvgIpc) is 3.40. The predicted octanol–water partition coefficient (Wildman–Crippen LogP) is 2.54. The minimum atomic E-state index is -1.00. The van der Waals surface area contributed by atoms with Crippen molar-refractivity contribution < 1.29 is 38.3 Å². The number of nitrogens with two attached hydrogens (primary N) is 1. The van der Waals surface area contributed by atoms with Gasteiger partial charge in [-0.1, -0.05) is 50.6 Å². The zero-order chi connectivity index (χ0) is 35.8. The van der Waals surface area contributed by atoms with Gasteiger partial charge in [-0.05, 0) is 61.4 Å². The van der Waals surface area contributed by atoms with Crippen LogP contribution in [0.25, 0.3) is 0 Å². The lowest BCUT2D eigenvalue weighted by Gasteiger charge is -2.25. The molecule has 3 rings (SSSR count). The molecule has 0 fully saturated rings. The molecule has 1 aliphatic heterocycles. The van der Waals surface area contributed by atoms with Crippen molar-refractivity contribution in [1.29, 1.82) is 0 Å². The number of nitrogens with one attached hydrogen (secondary N) is 4. The van der Waals surface area contributed by atoms with Crippen LogP contribution in [-0.4, -0.2) is 71.6 Å². The normalized spacial score (nSPS) is 13.5. The third-order valence-corrected chi connectivity index (χ3v) is 7.65. The zero-order valence-electron chi connectivity index (χ0n) is 27.7. The first kappa shape index (κ1) is 37.9. The van der Waals surface area contributed by atoms with E-state index in [1.54, 1.807) is 68.4 Å². The second-order valence-electron chi connectivity index (χ2n) is 11.9. The van der Waals surface area contributed by atoms with Gasteiger partial charge in [-0.2, -0.15) is 0 Å². The summed E-state index contributed by atoms with van der Waals surface area (Å²) in [7, 11) is 0. The van der Waals surface area contributed by atoms with Crippen molar-refractivity contribution in [2.75, 3.05) is 18.4 Å². The molecule has 2 aromatic carbocycles. The fraction of sp³-hybridized carbons (Fsp3) is 0.400. The Hall–Kier alpha value is -5.53. The molecule has 0 aromatic heterocycles. The van der Waals surface area contributed by atoms with E-state index in [1.807, 2.05) is 0 Å². The van der Waals surface area contributed by atoms with E-state index in [0.717, 1.165) is 4.90 Å². The van der Waals surface area contributed by atoms with Gasteiger partial charge in [0.1, 0.15) is 18.7 Å². The first-order chi connectivity index (χ1) is 23.4. The summed E-state index contributed by atoms with van der Waals surface area (Å²) in [4.78, 5) is 87.3. The van der Waals surface area contributed by atoms with Gasteiger partial charge in [0.05, 0.1) is 5.56 Å². The van der Waals surface area contributed by atoms with Gasteiger partial charge in [0, 0.05) is 37.3 Å². The number of unbranched alkanes of at least 4 members (excludes halogenated alkanes) is 2. The summed E-state index contributed by atoms with van der Waals surface area (Å²) in [5.41, 5.74) is 6.73. The molecule has 1 aliphatic rings. The number of urea groups is 1. The van der Waals surface area contributed by atoms with Crippen LogP contribution in [0.15, 0.2) is 66.7 Å². The summed E-state index contributed by atoms with van der Waals surface area (Å²) < 4.78 is 5.35. The molecule has 7 amide bonds. The highest BCUT2D eigenvalue weighted by atomic mass is 16.5. The summed E-state index contributed by atoms with van der Waals surface area (Å²) in [5.74, 6) is -2.84. The van der Waals surface area contributed by atoms with E-state index in [9.17, 15) is 33.6 Å². The standard InChI is InChI=1S/C35H44N6O8/c1-23(2)31(40-28(42)13-7-4-8-21-41-29(43)18-19-30(41)44)33(46)39-27(12-9-20-37-35(36)48)32(45)38-26-16-14-24(15-17-26)22-49-34(47)25-10-5-3-6-11-25/h3,5-6,10-11,14-19,23,27,31H,4,7-9,12-13,20-22H2,1-2H3,(H,38,45)(H,39,46)(H,40,42)(H3,36,37,48)/t27-,31-/m0/s1. The molecule has 2 aromatic rings. The largest absolute Gasteiger partial charge is 0.457 e. The van der Waals surface area contributed by atoms with Crippen LogP contribution in [0, 0.1) is 5.92 Å². The maximum absolute atomic E-state index is 13.4. The van der Waals surface area contributed by atoms with Gasteiger partial charge in [-0.25, -0.2) is 9.59 Å². The monoisotopic (exact) mass is 676 g/mol.